The third kappa shape index (κ3) is 42.0. The zero-order valence-corrected chi connectivity index (χ0v) is 39.4. The second-order valence-electron chi connectivity index (χ2n) is 15.7. The Morgan fingerprint density at radius 3 is 1.43 bits per heavy atom. The van der Waals surface area contributed by atoms with E-state index in [-0.39, 0.29) is 49.1 Å². The van der Waals surface area contributed by atoms with Gasteiger partial charge in [0.1, 0.15) is 6.61 Å². The summed E-state index contributed by atoms with van der Waals surface area (Å²) in [5.41, 5.74) is 0. The Bertz CT molecular complexity index is 1570. The maximum Gasteiger partial charge on any atom is 0.362 e. The van der Waals surface area contributed by atoms with Crippen molar-refractivity contribution in [1.82, 2.24) is 0 Å². The van der Waals surface area contributed by atoms with E-state index >= 15 is 0 Å². The van der Waals surface area contributed by atoms with Gasteiger partial charge in [0.2, 0.25) is 0 Å². The summed E-state index contributed by atoms with van der Waals surface area (Å²) in [6.07, 6.45) is 65.8. The Morgan fingerprint density at radius 1 is 0.492 bits per heavy atom. The summed E-state index contributed by atoms with van der Waals surface area (Å²) in [5.74, 6) is -1.63. The molecule has 0 amide bonds. The summed E-state index contributed by atoms with van der Waals surface area (Å²) in [6, 6.07) is -0.644. The lowest BCUT2D eigenvalue weighted by Gasteiger charge is -2.31. The van der Waals surface area contributed by atoms with Crippen LogP contribution in [0.4, 0.5) is 0 Å². The predicted molar refractivity (Wildman–Crippen MR) is 265 cm³/mol. The molecule has 0 rings (SSSR count). The summed E-state index contributed by atoms with van der Waals surface area (Å²) in [7, 11) is 5.47. The number of hydrogen-bond acceptors (Lipinski definition) is 6. The lowest BCUT2D eigenvalue weighted by Crippen LogP contribution is -2.50. The van der Waals surface area contributed by atoms with Gasteiger partial charge in [-0.15, -0.1) is 0 Å². The molecule has 0 spiro atoms. The van der Waals surface area contributed by atoms with E-state index in [1.165, 1.54) is 0 Å². The number of esters is 2. The van der Waals surface area contributed by atoms with E-state index in [2.05, 4.69) is 98.9 Å². The van der Waals surface area contributed by atoms with Crippen molar-refractivity contribution in [2.45, 2.75) is 129 Å². The van der Waals surface area contributed by atoms with Crippen molar-refractivity contribution in [3.8, 4) is 0 Å². The molecule has 0 saturated carbocycles. The quantitative estimate of drug-likeness (QED) is 0.0217. The summed E-state index contributed by atoms with van der Waals surface area (Å²) in [6.45, 7) is 4.32. The zero-order valence-electron chi connectivity index (χ0n) is 39.4. The van der Waals surface area contributed by atoms with E-state index in [0.717, 1.165) is 70.6 Å². The van der Waals surface area contributed by atoms with Gasteiger partial charge in [0, 0.05) is 19.3 Å². The molecule has 0 radical (unpaired) electrons. The van der Waals surface area contributed by atoms with E-state index < -0.39 is 18.1 Å². The Labute approximate surface area is 382 Å². The van der Waals surface area contributed by atoms with Gasteiger partial charge in [-0.2, -0.15) is 0 Å². The number of carbonyl (C=O) groups excluding carboxylic acids is 2. The van der Waals surface area contributed by atoms with Crippen LogP contribution in [0.3, 0.4) is 0 Å². The van der Waals surface area contributed by atoms with E-state index in [1.54, 1.807) is 0 Å². The average molecular weight is 869 g/mol. The maximum absolute atomic E-state index is 12.7. The molecule has 0 aliphatic rings. The fraction of sp³-hybridized carbons (Fsp3) is 0.473. The van der Waals surface area contributed by atoms with E-state index in [4.69, 9.17) is 14.2 Å². The molecular formula is C55H82NO7+. The second kappa shape index (κ2) is 43.6. The van der Waals surface area contributed by atoms with Gasteiger partial charge in [0.15, 0.2) is 12.1 Å². The van der Waals surface area contributed by atoms with Crippen molar-refractivity contribution < 1.29 is 38.2 Å². The Balaban J connectivity index is 4.57. The number of hydrogen-bond donors (Lipinski definition) is 1. The molecule has 8 nitrogen and oxygen atoms in total. The van der Waals surface area contributed by atoms with Crippen LogP contribution in [-0.2, 0) is 28.6 Å². The molecule has 348 valence electrons. The van der Waals surface area contributed by atoms with Crippen molar-refractivity contribution in [3.05, 3.63) is 158 Å². The van der Waals surface area contributed by atoms with Crippen LogP contribution in [0.5, 0.6) is 0 Å². The largest absolute Gasteiger partial charge is 0.477 e. The van der Waals surface area contributed by atoms with Crippen LogP contribution >= 0.6 is 0 Å². The molecule has 0 heterocycles. The molecule has 0 aliphatic heterocycles. The Hall–Kier alpha value is -5.05. The van der Waals surface area contributed by atoms with Crippen LogP contribution < -0.4 is 0 Å². The number of nitrogens with zero attached hydrogens (tertiary/aromatic N) is 1. The summed E-state index contributed by atoms with van der Waals surface area (Å²) >= 11 is 0. The molecule has 0 aromatic rings. The Morgan fingerprint density at radius 2 is 0.937 bits per heavy atom. The number of carbonyl (C=O) groups is 3. The number of carboxylic acid groups (broad SMARTS) is 1. The molecule has 8 heteroatoms. The van der Waals surface area contributed by atoms with Crippen LogP contribution in [0.2, 0.25) is 0 Å². The van der Waals surface area contributed by atoms with Crippen molar-refractivity contribution >= 4 is 17.9 Å². The topological polar surface area (TPSA) is 99.1 Å². The van der Waals surface area contributed by atoms with E-state index in [0.29, 0.717) is 19.3 Å². The minimum atomic E-state index is -0.900. The second-order valence-corrected chi connectivity index (χ2v) is 15.7. The average Bonchev–Trinajstić information content (AvgIpc) is 3.24. The van der Waals surface area contributed by atoms with Gasteiger partial charge in [-0.05, 0) is 77.0 Å². The highest BCUT2D eigenvalue weighted by molar-refractivity contribution is 5.72. The zero-order chi connectivity index (χ0) is 46.3. The molecule has 2 atom stereocenters. The van der Waals surface area contributed by atoms with Crippen LogP contribution in [-0.4, -0.2) is 80.6 Å². The predicted octanol–water partition coefficient (Wildman–Crippen LogP) is 13.1. The summed E-state index contributed by atoms with van der Waals surface area (Å²) < 4.78 is 17.2. The van der Waals surface area contributed by atoms with Gasteiger partial charge >= 0.3 is 17.9 Å². The van der Waals surface area contributed by atoms with Crippen molar-refractivity contribution in [3.63, 3.8) is 0 Å². The molecule has 0 aromatic carbocycles. The van der Waals surface area contributed by atoms with Crippen molar-refractivity contribution in [1.29, 1.82) is 0 Å². The standard InChI is InChI=1S/C55H81NO7/c1-6-8-10-12-14-16-18-20-22-24-26-28-29-31-33-35-37-39-41-43-45-53(57)62-50-51(49-61-48-47-52(55(59)60)56(3,4)5)63-54(58)46-44-42-40-38-36-34-32-30-27-25-23-21-19-17-15-13-11-9-7-2/h8-11,13-17,19-23,25-28,30-34,36-37,39,51-52H,6-7,12,18,24,29,35,38,40-50H2,1-5H3/p+1/b10-8+,11-9+,15-13+,16-14+,19-17+,22-20+,23-21+,27-25+,28-26+,32-30+,33-31+,36-34+,39-37+. The molecule has 1 N–H and O–H groups in total. The first-order valence-corrected chi connectivity index (χ1v) is 23.1. The van der Waals surface area contributed by atoms with E-state index in [9.17, 15) is 19.5 Å². The number of rotatable bonds is 38. The molecule has 0 aromatic heterocycles. The third-order valence-corrected chi connectivity index (χ3v) is 9.12. The third-order valence-electron chi connectivity index (χ3n) is 9.12. The molecule has 0 bridgehead atoms. The lowest BCUT2D eigenvalue weighted by molar-refractivity contribution is -0.887. The first-order valence-electron chi connectivity index (χ1n) is 23.1. The van der Waals surface area contributed by atoms with Gasteiger partial charge in [-0.1, -0.05) is 178 Å². The van der Waals surface area contributed by atoms with Gasteiger partial charge < -0.3 is 23.8 Å². The fourth-order valence-electron chi connectivity index (χ4n) is 5.61. The summed E-state index contributed by atoms with van der Waals surface area (Å²) in [4.78, 5) is 37.0. The SMILES string of the molecule is CC/C=C/C=C/C=C/C=C/C=C/C=C/C=C/CCCCCC(=O)OC(COCCC(C(=O)O)[N+](C)(C)C)COC(=O)CCC/C=C/C/C=C/C/C=C/C/C=C/C/C=C/C/C=C/CC. The normalized spacial score (nSPS) is 14.4. The maximum atomic E-state index is 12.7. The van der Waals surface area contributed by atoms with Crippen LogP contribution in [0.1, 0.15) is 117 Å². The molecule has 63 heavy (non-hydrogen) atoms. The molecular weight excluding hydrogens is 787 g/mol. The number of unbranched alkanes of at least 4 members (excludes halogenated alkanes) is 4. The first kappa shape index (κ1) is 58.0. The highest BCUT2D eigenvalue weighted by atomic mass is 16.6. The summed E-state index contributed by atoms with van der Waals surface area (Å²) in [5, 5.41) is 9.64. The van der Waals surface area contributed by atoms with Gasteiger partial charge in [-0.25, -0.2) is 4.79 Å². The monoisotopic (exact) mass is 869 g/mol. The van der Waals surface area contributed by atoms with Crippen LogP contribution in [0, 0.1) is 0 Å². The minimum absolute atomic E-state index is 0.0106. The first-order chi connectivity index (χ1) is 30.6. The molecule has 2 unspecified atom stereocenters. The molecule has 0 fully saturated rings. The smallest absolute Gasteiger partial charge is 0.362 e. The van der Waals surface area contributed by atoms with Crippen molar-refractivity contribution in [2.75, 3.05) is 41.0 Å². The highest BCUT2D eigenvalue weighted by Gasteiger charge is 2.31. The van der Waals surface area contributed by atoms with Gasteiger partial charge in [0.25, 0.3) is 0 Å². The lowest BCUT2D eigenvalue weighted by atomic mass is 10.1. The number of quaternary nitrogens is 1. The Kier molecular flexibility index (Phi) is 40.1. The molecule has 0 saturated heterocycles. The number of allylic oxidation sites excluding steroid dienone is 26. The minimum Gasteiger partial charge on any atom is -0.477 e. The van der Waals surface area contributed by atoms with Gasteiger partial charge in [-0.3, -0.25) is 9.59 Å². The van der Waals surface area contributed by atoms with Gasteiger partial charge in [0.05, 0.1) is 34.4 Å². The fourth-order valence-corrected chi connectivity index (χ4v) is 5.61. The van der Waals surface area contributed by atoms with Crippen LogP contribution in [0.25, 0.3) is 0 Å². The molecule has 0 aliphatic carbocycles. The highest BCUT2D eigenvalue weighted by Crippen LogP contribution is 2.11. The van der Waals surface area contributed by atoms with Crippen molar-refractivity contribution in [2.24, 2.45) is 0 Å². The van der Waals surface area contributed by atoms with Crippen LogP contribution in [0.15, 0.2) is 158 Å². The number of carboxylic acids is 1. The number of aliphatic carboxylic acids is 1. The number of likely N-dealkylation sites (N-methyl/N-ethyl adjacent to an activating group) is 1. The van der Waals surface area contributed by atoms with E-state index in [1.807, 2.05) is 94.1 Å². The number of ether oxygens (including phenoxy) is 3.